The van der Waals surface area contributed by atoms with Gasteiger partial charge >= 0.3 is 5.69 Å². The average molecular weight is 592 g/mol. The van der Waals surface area contributed by atoms with Gasteiger partial charge in [0, 0.05) is 37.1 Å². The van der Waals surface area contributed by atoms with Crippen molar-refractivity contribution in [3.63, 3.8) is 0 Å². The summed E-state index contributed by atoms with van der Waals surface area (Å²) in [4.78, 5) is 38.9. The van der Waals surface area contributed by atoms with E-state index in [1.54, 1.807) is 24.1 Å². The third-order valence-corrected chi connectivity index (χ3v) is 9.10. The summed E-state index contributed by atoms with van der Waals surface area (Å²) in [6.45, 7) is 10.1. The second kappa shape index (κ2) is 10.6. The highest BCUT2D eigenvalue weighted by Crippen LogP contribution is 2.46. The number of thioether (sulfide) groups is 1. The SMILES string of the molecule is C=CC(=O)N1CCN2c3nc(=O)n(-c4c(C)ccnc4C(C)C)c4c(F)c(-c5ccccc5F)c(F)c(c34)SCC2C1. The van der Waals surface area contributed by atoms with Gasteiger partial charge in [0.25, 0.3) is 0 Å². The van der Waals surface area contributed by atoms with Crippen molar-refractivity contribution in [1.82, 2.24) is 19.4 Å². The van der Waals surface area contributed by atoms with Crippen molar-refractivity contribution >= 4 is 34.4 Å². The molecule has 2 aliphatic rings. The van der Waals surface area contributed by atoms with Gasteiger partial charge in [-0.05, 0) is 36.6 Å². The van der Waals surface area contributed by atoms with Crippen LogP contribution in [0.2, 0.25) is 0 Å². The predicted octanol–water partition coefficient (Wildman–Crippen LogP) is 5.61. The molecule has 4 aromatic rings. The minimum absolute atomic E-state index is 0.0736. The number of hydrogen-bond acceptors (Lipinski definition) is 6. The summed E-state index contributed by atoms with van der Waals surface area (Å²) >= 11 is 1.14. The number of nitrogens with zero attached hydrogens (tertiary/aromatic N) is 5. The highest BCUT2D eigenvalue weighted by atomic mass is 32.2. The molecule has 0 N–H and O–H groups in total. The molecule has 2 aromatic carbocycles. The molecule has 7 nitrogen and oxygen atoms in total. The highest BCUT2D eigenvalue weighted by molar-refractivity contribution is 7.99. The summed E-state index contributed by atoms with van der Waals surface area (Å²) in [5, 5.41) is 0.138. The number of fused-ring (bicyclic) bond motifs is 2. The first-order valence-electron chi connectivity index (χ1n) is 13.6. The van der Waals surface area contributed by atoms with E-state index in [9.17, 15) is 9.59 Å². The Labute approximate surface area is 244 Å². The van der Waals surface area contributed by atoms with Crippen molar-refractivity contribution in [2.24, 2.45) is 0 Å². The number of benzene rings is 2. The minimum atomic E-state index is -1.06. The lowest BCUT2D eigenvalue weighted by Crippen LogP contribution is -2.56. The molecule has 0 aliphatic carbocycles. The molecule has 2 aromatic heterocycles. The van der Waals surface area contributed by atoms with Crippen LogP contribution in [0.25, 0.3) is 27.7 Å². The minimum Gasteiger partial charge on any atom is -0.348 e. The fourth-order valence-corrected chi connectivity index (χ4v) is 7.09. The Kier molecular flexibility index (Phi) is 7.08. The van der Waals surface area contributed by atoms with E-state index in [1.807, 2.05) is 18.7 Å². The molecule has 11 heteroatoms. The molecule has 1 unspecified atom stereocenters. The maximum atomic E-state index is 17.0. The zero-order chi connectivity index (χ0) is 29.9. The van der Waals surface area contributed by atoms with Crippen LogP contribution < -0.4 is 10.6 Å². The van der Waals surface area contributed by atoms with Gasteiger partial charge in [-0.3, -0.25) is 14.3 Å². The number of pyridine rings is 1. The molecule has 0 bridgehead atoms. The van der Waals surface area contributed by atoms with Gasteiger partial charge in [0.1, 0.15) is 17.5 Å². The van der Waals surface area contributed by atoms with E-state index in [0.29, 0.717) is 42.3 Å². The Balaban J connectivity index is 1.74. The van der Waals surface area contributed by atoms with Crippen molar-refractivity contribution < 1.29 is 18.0 Å². The van der Waals surface area contributed by atoms with E-state index in [4.69, 9.17) is 0 Å². The number of amides is 1. The molecular weight excluding hydrogens is 563 g/mol. The van der Waals surface area contributed by atoms with Crippen LogP contribution in [-0.2, 0) is 4.79 Å². The number of aromatic nitrogens is 3. The fourth-order valence-electron chi connectivity index (χ4n) is 5.89. The number of hydrogen-bond donors (Lipinski definition) is 0. The lowest BCUT2D eigenvalue weighted by Gasteiger charge is -2.41. The molecule has 1 amide bonds. The van der Waals surface area contributed by atoms with Crippen LogP contribution in [0.3, 0.4) is 0 Å². The number of piperazine rings is 1. The third-order valence-electron chi connectivity index (χ3n) is 7.88. The van der Waals surface area contributed by atoms with Crippen molar-refractivity contribution in [1.29, 1.82) is 0 Å². The summed E-state index contributed by atoms with van der Waals surface area (Å²) < 4.78 is 49.8. The van der Waals surface area contributed by atoms with E-state index in [0.717, 1.165) is 22.4 Å². The summed E-state index contributed by atoms with van der Waals surface area (Å²) in [7, 11) is 0. The number of rotatable bonds is 4. The molecular formula is C31H28F3N5O2S. The van der Waals surface area contributed by atoms with Gasteiger partial charge in [-0.1, -0.05) is 38.6 Å². The first kappa shape index (κ1) is 28.0. The van der Waals surface area contributed by atoms with Crippen LogP contribution in [0.1, 0.15) is 31.0 Å². The first-order chi connectivity index (χ1) is 20.1. The monoisotopic (exact) mass is 591 g/mol. The Hall–Kier alpha value is -4.12. The molecule has 2 aliphatic heterocycles. The molecule has 1 saturated heterocycles. The van der Waals surface area contributed by atoms with E-state index in [2.05, 4.69) is 16.5 Å². The maximum Gasteiger partial charge on any atom is 0.354 e. The number of aryl methyl sites for hydroxylation is 1. The van der Waals surface area contributed by atoms with Gasteiger partial charge < -0.3 is 9.80 Å². The number of carbonyl (C=O) groups is 1. The van der Waals surface area contributed by atoms with E-state index < -0.39 is 28.7 Å². The second-order valence-corrected chi connectivity index (χ2v) is 11.8. The van der Waals surface area contributed by atoms with Gasteiger partial charge in [-0.25, -0.2) is 18.0 Å². The highest BCUT2D eigenvalue weighted by Gasteiger charge is 2.38. The zero-order valence-electron chi connectivity index (χ0n) is 23.3. The summed E-state index contributed by atoms with van der Waals surface area (Å²) in [6.07, 6.45) is 2.86. The van der Waals surface area contributed by atoms with Crippen LogP contribution in [0.5, 0.6) is 0 Å². The lowest BCUT2D eigenvalue weighted by atomic mass is 9.99. The topological polar surface area (TPSA) is 71.3 Å². The standard InChI is InChI=1S/C31H28F3N5O2S/c1-5-21(40)37-12-13-38-18(14-37)15-42-29-23-28(24(33)22(25(29)34)19-8-6-7-9-20(19)32)39(31(41)36-30(23)38)27-17(4)10-11-35-26(27)16(2)3/h5-11,16,18H,1,12-15H2,2-4H3. The van der Waals surface area contributed by atoms with Gasteiger partial charge in [0.2, 0.25) is 5.91 Å². The molecule has 1 atom stereocenters. The Bertz CT molecular complexity index is 1840. The van der Waals surface area contributed by atoms with Gasteiger partial charge in [0.15, 0.2) is 5.82 Å². The first-order valence-corrected chi connectivity index (χ1v) is 14.6. The van der Waals surface area contributed by atoms with Crippen LogP contribution in [0.15, 0.2) is 58.9 Å². The largest absolute Gasteiger partial charge is 0.354 e. The molecule has 0 spiro atoms. The third kappa shape index (κ3) is 4.29. The number of halogens is 3. The Morgan fingerprint density at radius 2 is 1.90 bits per heavy atom. The van der Waals surface area contributed by atoms with Crippen molar-refractivity contribution in [2.45, 2.75) is 37.6 Å². The van der Waals surface area contributed by atoms with E-state index in [1.165, 1.54) is 24.3 Å². The summed E-state index contributed by atoms with van der Waals surface area (Å²) in [6, 6.07) is 6.79. The van der Waals surface area contributed by atoms with Crippen LogP contribution in [0.4, 0.5) is 19.0 Å². The second-order valence-electron chi connectivity index (χ2n) is 10.8. The molecule has 1 fully saturated rings. The molecule has 0 radical (unpaired) electrons. The number of anilines is 1. The van der Waals surface area contributed by atoms with Crippen LogP contribution in [-0.4, -0.2) is 56.8 Å². The fraction of sp³-hybridized carbons (Fsp3) is 0.290. The van der Waals surface area contributed by atoms with Crippen LogP contribution in [0, 0.1) is 24.4 Å². The Morgan fingerprint density at radius 1 is 1.14 bits per heavy atom. The van der Waals surface area contributed by atoms with Crippen molar-refractivity contribution in [3.8, 4) is 16.8 Å². The van der Waals surface area contributed by atoms with Crippen LogP contribution >= 0.6 is 11.8 Å². The zero-order valence-corrected chi connectivity index (χ0v) is 24.1. The quantitative estimate of drug-likeness (QED) is 0.288. The molecule has 216 valence electrons. The smallest absolute Gasteiger partial charge is 0.348 e. The maximum absolute atomic E-state index is 17.0. The van der Waals surface area contributed by atoms with Gasteiger partial charge in [0.05, 0.1) is 38.8 Å². The van der Waals surface area contributed by atoms with E-state index >= 15 is 13.2 Å². The average Bonchev–Trinajstić information content (AvgIpc) is 3.13. The normalized spacial score (nSPS) is 16.5. The molecule has 6 rings (SSSR count). The number of carbonyl (C=O) groups excluding carboxylic acids is 1. The molecule has 42 heavy (non-hydrogen) atoms. The molecule has 4 heterocycles. The van der Waals surface area contributed by atoms with Gasteiger partial charge in [-0.2, -0.15) is 4.98 Å². The summed E-state index contributed by atoms with van der Waals surface area (Å²) in [5.74, 6) is -2.68. The van der Waals surface area contributed by atoms with Crippen molar-refractivity contribution in [3.05, 3.63) is 88.4 Å². The van der Waals surface area contributed by atoms with Gasteiger partial charge in [-0.15, -0.1) is 11.8 Å². The van der Waals surface area contributed by atoms with Crippen molar-refractivity contribution in [2.75, 3.05) is 30.3 Å². The molecule has 0 saturated carbocycles. The van der Waals surface area contributed by atoms with E-state index in [-0.39, 0.29) is 45.0 Å². The lowest BCUT2D eigenvalue weighted by molar-refractivity contribution is -0.126. The summed E-state index contributed by atoms with van der Waals surface area (Å²) in [5.41, 5.74) is -0.189. The predicted molar refractivity (Wildman–Crippen MR) is 158 cm³/mol. The Morgan fingerprint density at radius 3 is 2.62 bits per heavy atom.